The van der Waals surface area contributed by atoms with Crippen LogP contribution in [0.4, 0.5) is 0 Å². The molecule has 2 aromatic carbocycles. The summed E-state index contributed by atoms with van der Waals surface area (Å²) < 4.78 is 0. The molecule has 0 radical (unpaired) electrons. The van der Waals surface area contributed by atoms with Gasteiger partial charge in [-0.05, 0) is 29.8 Å². The number of hydrogen-bond acceptors (Lipinski definition) is 0. The van der Waals surface area contributed by atoms with Gasteiger partial charge in [-0.3, -0.25) is 0 Å². The van der Waals surface area contributed by atoms with E-state index in [2.05, 4.69) is 77.5 Å². The molecule has 0 bridgehead atoms. The molecule has 106 valence electrons. The number of rotatable bonds is 1. The molecule has 0 aliphatic heterocycles. The van der Waals surface area contributed by atoms with Gasteiger partial charge in [-0.15, -0.1) is 0 Å². The lowest BCUT2D eigenvalue weighted by atomic mass is 9.95. The second kappa shape index (κ2) is 5.42. The number of aromatic nitrogens is 1. The minimum Gasteiger partial charge on any atom is -0.361 e. The summed E-state index contributed by atoms with van der Waals surface area (Å²) in [4.78, 5) is 3.23. The van der Waals surface area contributed by atoms with Crippen LogP contribution >= 0.6 is 0 Å². The third-order valence-corrected chi connectivity index (χ3v) is 3.99. The number of hydrogen-bond donors (Lipinski definition) is 1. The number of fused-ring (bicyclic) bond motifs is 1. The monoisotopic (exact) mass is 283 g/mol. The Bertz CT molecular complexity index is 938. The van der Waals surface area contributed by atoms with E-state index in [1.54, 1.807) is 0 Å². The van der Waals surface area contributed by atoms with Gasteiger partial charge in [0.25, 0.3) is 0 Å². The van der Waals surface area contributed by atoms with E-state index in [4.69, 9.17) is 0 Å². The summed E-state index contributed by atoms with van der Waals surface area (Å²) in [5.74, 6) is 7.03. The largest absolute Gasteiger partial charge is 0.361 e. The minimum atomic E-state index is 0. The highest BCUT2D eigenvalue weighted by Crippen LogP contribution is 2.25. The van der Waals surface area contributed by atoms with Gasteiger partial charge in [0.1, 0.15) is 0 Å². The smallest absolute Gasteiger partial charge is 0.0466 e. The lowest BCUT2D eigenvalue weighted by molar-refractivity contribution is 1.10. The van der Waals surface area contributed by atoms with Gasteiger partial charge in [-0.2, -0.15) is 0 Å². The third kappa shape index (κ3) is 2.25. The van der Waals surface area contributed by atoms with Crippen LogP contribution in [-0.2, 0) is 0 Å². The fraction of sp³-hybridized carbons (Fsp3) is 0.0476. The Morgan fingerprint density at radius 1 is 0.818 bits per heavy atom. The zero-order valence-electron chi connectivity index (χ0n) is 12.1. The molecule has 1 nitrogen and oxygen atoms in total. The van der Waals surface area contributed by atoms with Crippen molar-refractivity contribution in [2.24, 2.45) is 0 Å². The number of nitrogens with one attached hydrogen (secondary N) is 1. The molecule has 1 N–H and O–H groups in total. The first kappa shape index (κ1) is 12.7. The van der Waals surface area contributed by atoms with E-state index in [9.17, 15) is 0 Å². The van der Waals surface area contributed by atoms with Gasteiger partial charge in [0, 0.05) is 35.6 Å². The molecular weight excluding hydrogens is 266 g/mol. The summed E-state index contributed by atoms with van der Waals surface area (Å²) in [6.45, 7) is 0. The molecule has 1 heterocycles. The minimum absolute atomic E-state index is 0. The molecule has 0 amide bonds. The first-order valence-corrected chi connectivity index (χ1v) is 7.44. The third-order valence-electron chi connectivity index (χ3n) is 3.99. The van der Waals surface area contributed by atoms with Crippen molar-refractivity contribution in [1.29, 1.82) is 0 Å². The van der Waals surface area contributed by atoms with Crippen molar-refractivity contribution < 1.29 is 1.43 Å². The highest BCUT2D eigenvalue weighted by atomic mass is 14.7. The zero-order chi connectivity index (χ0) is 14.8. The van der Waals surface area contributed by atoms with E-state index in [1.807, 2.05) is 18.3 Å². The Kier molecular flexibility index (Phi) is 3.14. The Hall–Kier alpha value is -2.98. The molecule has 1 heteroatoms. The number of aromatic amines is 1. The van der Waals surface area contributed by atoms with Crippen LogP contribution in [0.15, 0.2) is 79.0 Å². The Labute approximate surface area is 131 Å². The normalized spacial score (nSPS) is 13.5. The van der Waals surface area contributed by atoms with Crippen LogP contribution in [0.5, 0.6) is 0 Å². The zero-order valence-corrected chi connectivity index (χ0v) is 12.1. The second-order valence-electron chi connectivity index (χ2n) is 5.38. The Balaban J connectivity index is 0.00000156. The van der Waals surface area contributed by atoms with Crippen molar-refractivity contribution in [2.45, 2.75) is 5.92 Å². The summed E-state index contributed by atoms with van der Waals surface area (Å²) in [7, 11) is 0. The van der Waals surface area contributed by atoms with Crippen molar-refractivity contribution in [3.05, 3.63) is 95.7 Å². The molecular formula is C21H17N. The van der Waals surface area contributed by atoms with Crippen LogP contribution in [0.25, 0.3) is 10.9 Å². The van der Waals surface area contributed by atoms with Gasteiger partial charge in [0.15, 0.2) is 0 Å². The molecule has 4 rings (SSSR count). The molecule has 3 aromatic rings. The van der Waals surface area contributed by atoms with E-state index >= 15 is 0 Å². The van der Waals surface area contributed by atoms with Gasteiger partial charge in [-0.25, -0.2) is 0 Å². The fourth-order valence-electron chi connectivity index (χ4n) is 2.87. The highest BCUT2D eigenvalue weighted by molar-refractivity contribution is 5.85. The maximum absolute atomic E-state index is 3.36. The van der Waals surface area contributed by atoms with Crippen LogP contribution in [0.3, 0.4) is 0 Å². The topological polar surface area (TPSA) is 15.8 Å². The number of allylic oxidation sites excluding steroid dienone is 4. The van der Waals surface area contributed by atoms with Crippen LogP contribution < -0.4 is 0 Å². The van der Waals surface area contributed by atoms with Crippen molar-refractivity contribution >= 4 is 10.9 Å². The summed E-state index contributed by atoms with van der Waals surface area (Å²) >= 11 is 0. The molecule has 0 atom stereocenters. The molecule has 0 fully saturated rings. The first-order valence-electron chi connectivity index (χ1n) is 7.44. The maximum Gasteiger partial charge on any atom is 0.0466 e. The van der Waals surface area contributed by atoms with Crippen LogP contribution in [0.1, 0.15) is 24.0 Å². The summed E-state index contributed by atoms with van der Waals surface area (Å²) in [6.07, 6.45) is 10.5. The maximum atomic E-state index is 3.36. The van der Waals surface area contributed by atoms with Crippen LogP contribution in [0, 0.1) is 11.8 Å². The molecule has 1 aliphatic rings. The number of H-pyrrole nitrogens is 1. The van der Waals surface area contributed by atoms with Crippen molar-refractivity contribution in [2.75, 3.05) is 0 Å². The quantitative estimate of drug-likeness (QED) is 0.603. The highest BCUT2D eigenvalue weighted by Gasteiger charge is 2.10. The molecule has 0 unspecified atom stereocenters. The average molecular weight is 283 g/mol. The van der Waals surface area contributed by atoms with Crippen LogP contribution in [-0.4, -0.2) is 4.98 Å². The average Bonchev–Trinajstić information content (AvgIpc) is 3.24. The van der Waals surface area contributed by atoms with Gasteiger partial charge >= 0.3 is 0 Å². The van der Waals surface area contributed by atoms with Crippen molar-refractivity contribution in [1.82, 2.24) is 4.98 Å². The molecule has 1 aromatic heterocycles. The Morgan fingerprint density at radius 3 is 2.50 bits per heavy atom. The first-order chi connectivity index (χ1) is 10.9. The van der Waals surface area contributed by atoms with E-state index in [-0.39, 0.29) is 1.43 Å². The molecule has 0 saturated carbocycles. The van der Waals surface area contributed by atoms with E-state index in [0.717, 1.165) is 16.6 Å². The van der Waals surface area contributed by atoms with E-state index in [1.165, 1.54) is 10.9 Å². The summed E-state index contributed by atoms with van der Waals surface area (Å²) in [6, 6.07) is 16.6. The lowest BCUT2D eigenvalue weighted by Gasteiger charge is -2.08. The number of benzene rings is 2. The summed E-state index contributed by atoms with van der Waals surface area (Å²) in [5.41, 5.74) is 4.55. The molecule has 22 heavy (non-hydrogen) atoms. The Morgan fingerprint density at radius 2 is 1.59 bits per heavy atom. The van der Waals surface area contributed by atoms with Crippen molar-refractivity contribution in [3.8, 4) is 11.8 Å². The molecule has 0 spiro atoms. The lowest BCUT2D eigenvalue weighted by Crippen LogP contribution is -1.93. The van der Waals surface area contributed by atoms with Crippen LogP contribution in [0.2, 0.25) is 0 Å². The van der Waals surface area contributed by atoms with E-state index in [0.29, 0.717) is 5.92 Å². The predicted molar refractivity (Wildman–Crippen MR) is 93.9 cm³/mol. The van der Waals surface area contributed by atoms with Gasteiger partial charge in [-0.1, -0.05) is 60.4 Å². The predicted octanol–water partition coefficient (Wildman–Crippen LogP) is 5.02. The van der Waals surface area contributed by atoms with Gasteiger partial charge < -0.3 is 4.98 Å². The second-order valence-corrected chi connectivity index (χ2v) is 5.38. The van der Waals surface area contributed by atoms with Crippen molar-refractivity contribution in [3.63, 3.8) is 0 Å². The van der Waals surface area contributed by atoms with E-state index < -0.39 is 0 Å². The molecule has 1 aliphatic carbocycles. The SMILES string of the molecule is C(#Cc1cccc2[nH]ccc12)c1ccccc1C1C=CC=C1.[HH]. The standard InChI is InChI=1S/C21H15N.H2/c1-2-7-16(6-1)19-10-4-3-8-17(19)12-13-18-9-5-11-21-20(18)14-15-22-21;/h1-11,14-16,22H;1H. The van der Waals surface area contributed by atoms with Gasteiger partial charge in [0.05, 0.1) is 0 Å². The van der Waals surface area contributed by atoms with Gasteiger partial charge in [0.2, 0.25) is 0 Å². The summed E-state index contributed by atoms with van der Waals surface area (Å²) in [5, 5.41) is 1.17. The molecule has 0 saturated heterocycles. The fourth-order valence-corrected chi connectivity index (χ4v) is 2.87.